The van der Waals surface area contributed by atoms with E-state index >= 15 is 0 Å². The van der Waals surface area contributed by atoms with Crippen molar-refractivity contribution in [3.05, 3.63) is 42.5 Å². The van der Waals surface area contributed by atoms with Crippen LogP contribution in [0.1, 0.15) is 29.6 Å². The van der Waals surface area contributed by atoms with Gasteiger partial charge in [-0.25, -0.2) is 0 Å². The number of nitrogens with one attached hydrogen (secondary N) is 2. The van der Waals surface area contributed by atoms with Gasteiger partial charge < -0.3 is 16.4 Å². The molecule has 1 aromatic rings. The minimum Gasteiger partial charge on any atom is -0.382 e. The lowest BCUT2D eigenvalue weighted by molar-refractivity contribution is 0.0958. The quantitative estimate of drug-likeness (QED) is 0.696. The van der Waals surface area contributed by atoms with E-state index < -0.39 is 0 Å². The number of rotatable bonds is 6. The Morgan fingerprint density at radius 2 is 2.10 bits per heavy atom. The van der Waals surface area contributed by atoms with Gasteiger partial charge in [-0.15, -0.1) is 6.58 Å². The molecule has 1 fully saturated rings. The second-order valence-electron chi connectivity index (χ2n) is 5.25. The number of benzene rings is 1. The highest BCUT2D eigenvalue weighted by Gasteiger charge is 2.25. The highest BCUT2D eigenvalue weighted by molar-refractivity contribution is 5.94. The average molecular weight is 273 g/mol. The fraction of sp³-hybridized carbons (Fsp3) is 0.438. The van der Waals surface area contributed by atoms with Crippen molar-refractivity contribution in [3.8, 4) is 0 Å². The van der Waals surface area contributed by atoms with E-state index in [0.717, 1.165) is 12.2 Å². The Balaban J connectivity index is 1.94. The van der Waals surface area contributed by atoms with E-state index in [9.17, 15) is 4.79 Å². The molecular weight excluding hydrogens is 250 g/mol. The van der Waals surface area contributed by atoms with Gasteiger partial charge in [-0.1, -0.05) is 12.5 Å². The number of carbonyl (C=O) groups excluding carboxylic acids is 1. The molecule has 2 unspecified atom stereocenters. The summed E-state index contributed by atoms with van der Waals surface area (Å²) in [6.07, 6.45) is 5.28. The number of nitrogens with two attached hydrogens (primary N) is 1. The molecule has 0 bridgehead atoms. The van der Waals surface area contributed by atoms with Gasteiger partial charge in [0.2, 0.25) is 0 Å². The third-order valence-electron chi connectivity index (χ3n) is 3.87. The molecule has 2 rings (SSSR count). The van der Waals surface area contributed by atoms with Gasteiger partial charge in [0.05, 0.1) is 0 Å². The van der Waals surface area contributed by atoms with Crippen LogP contribution in [0.25, 0.3) is 0 Å². The van der Waals surface area contributed by atoms with Crippen molar-refractivity contribution in [3.63, 3.8) is 0 Å². The minimum absolute atomic E-state index is 0.0721. The lowest BCUT2D eigenvalue weighted by Gasteiger charge is -2.20. The van der Waals surface area contributed by atoms with E-state index in [-0.39, 0.29) is 5.91 Å². The normalized spacial score (nSPS) is 21.4. The molecule has 0 aromatic heterocycles. The summed E-state index contributed by atoms with van der Waals surface area (Å²) < 4.78 is 0. The van der Waals surface area contributed by atoms with Gasteiger partial charge in [0.15, 0.2) is 0 Å². The minimum atomic E-state index is -0.0721. The van der Waals surface area contributed by atoms with Crippen LogP contribution in [0.2, 0.25) is 0 Å². The zero-order chi connectivity index (χ0) is 14.4. The molecule has 4 N–H and O–H groups in total. The largest absolute Gasteiger partial charge is 0.382 e. The van der Waals surface area contributed by atoms with Gasteiger partial charge in [-0.3, -0.25) is 4.79 Å². The van der Waals surface area contributed by atoms with Crippen molar-refractivity contribution in [2.45, 2.75) is 25.3 Å². The van der Waals surface area contributed by atoms with Crippen LogP contribution >= 0.6 is 0 Å². The summed E-state index contributed by atoms with van der Waals surface area (Å²) in [6, 6.07) is 8.05. The molecule has 1 aliphatic rings. The van der Waals surface area contributed by atoms with E-state index in [1.807, 2.05) is 24.3 Å². The zero-order valence-electron chi connectivity index (χ0n) is 11.8. The zero-order valence-corrected chi connectivity index (χ0v) is 11.8. The van der Waals surface area contributed by atoms with E-state index in [0.29, 0.717) is 24.1 Å². The summed E-state index contributed by atoms with van der Waals surface area (Å²) >= 11 is 0. The second kappa shape index (κ2) is 7.10. The van der Waals surface area contributed by atoms with Crippen LogP contribution in [-0.4, -0.2) is 25.0 Å². The Bertz CT molecular complexity index is 455. The summed E-state index contributed by atoms with van der Waals surface area (Å²) in [6.45, 7) is 4.80. The predicted octanol–water partition coefficient (Wildman–Crippen LogP) is 2.14. The van der Waals surface area contributed by atoms with Crippen molar-refractivity contribution in [2.75, 3.05) is 18.4 Å². The predicted molar refractivity (Wildman–Crippen MR) is 82.8 cm³/mol. The molecular formula is C16H23N3O. The standard InChI is InChI=1S/C16H23N3O/c1-2-10-18-16(20)12-6-8-14(9-7-12)19-15-5-3-4-13(15)11-17/h2,6-9,13,15,19H,1,3-5,10-11,17H2,(H,18,20). The van der Waals surface area contributed by atoms with Gasteiger partial charge in [0.25, 0.3) is 5.91 Å². The van der Waals surface area contributed by atoms with Gasteiger partial charge in [0.1, 0.15) is 0 Å². The van der Waals surface area contributed by atoms with Gasteiger partial charge >= 0.3 is 0 Å². The maximum atomic E-state index is 11.8. The second-order valence-corrected chi connectivity index (χ2v) is 5.25. The maximum Gasteiger partial charge on any atom is 0.251 e. The summed E-state index contributed by atoms with van der Waals surface area (Å²) in [5.74, 6) is 0.489. The van der Waals surface area contributed by atoms with Crippen LogP contribution in [0, 0.1) is 5.92 Å². The first-order valence-electron chi connectivity index (χ1n) is 7.20. The fourth-order valence-corrected chi connectivity index (χ4v) is 2.71. The van der Waals surface area contributed by atoms with Gasteiger partial charge in [0, 0.05) is 23.8 Å². The van der Waals surface area contributed by atoms with E-state index in [2.05, 4.69) is 17.2 Å². The summed E-state index contributed by atoms with van der Waals surface area (Å²) in [4.78, 5) is 11.8. The van der Waals surface area contributed by atoms with Crippen LogP contribution in [0.15, 0.2) is 36.9 Å². The smallest absolute Gasteiger partial charge is 0.251 e. The maximum absolute atomic E-state index is 11.8. The van der Waals surface area contributed by atoms with Crippen molar-refractivity contribution in [1.29, 1.82) is 0 Å². The molecule has 1 amide bonds. The summed E-state index contributed by atoms with van der Waals surface area (Å²) in [5, 5.41) is 6.29. The Hall–Kier alpha value is -1.81. The van der Waals surface area contributed by atoms with Crippen molar-refractivity contribution in [2.24, 2.45) is 11.7 Å². The molecule has 20 heavy (non-hydrogen) atoms. The first-order valence-corrected chi connectivity index (χ1v) is 7.20. The molecule has 1 saturated carbocycles. The van der Waals surface area contributed by atoms with Crippen LogP contribution < -0.4 is 16.4 Å². The van der Waals surface area contributed by atoms with Crippen LogP contribution in [0.3, 0.4) is 0 Å². The Labute approximate surface area is 120 Å². The van der Waals surface area contributed by atoms with Crippen molar-refractivity contribution in [1.82, 2.24) is 5.32 Å². The molecule has 4 nitrogen and oxygen atoms in total. The van der Waals surface area contributed by atoms with Crippen LogP contribution in [-0.2, 0) is 0 Å². The molecule has 0 heterocycles. The van der Waals surface area contributed by atoms with E-state index in [4.69, 9.17) is 5.73 Å². The molecule has 1 aromatic carbocycles. The van der Waals surface area contributed by atoms with Gasteiger partial charge in [-0.2, -0.15) is 0 Å². The fourth-order valence-electron chi connectivity index (χ4n) is 2.71. The average Bonchev–Trinajstić information content (AvgIpc) is 2.92. The lowest BCUT2D eigenvalue weighted by atomic mass is 10.0. The molecule has 4 heteroatoms. The van der Waals surface area contributed by atoms with Crippen molar-refractivity contribution >= 4 is 11.6 Å². The van der Waals surface area contributed by atoms with Gasteiger partial charge in [-0.05, 0) is 49.6 Å². The highest BCUT2D eigenvalue weighted by atomic mass is 16.1. The SMILES string of the molecule is C=CCNC(=O)c1ccc(NC2CCCC2CN)cc1. The van der Waals surface area contributed by atoms with E-state index in [1.165, 1.54) is 19.3 Å². The number of carbonyl (C=O) groups is 1. The molecule has 2 atom stereocenters. The molecule has 0 spiro atoms. The Morgan fingerprint density at radius 1 is 1.35 bits per heavy atom. The number of anilines is 1. The highest BCUT2D eigenvalue weighted by Crippen LogP contribution is 2.27. The lowest BCUT2D eigenvalue weighted by Crippen LogP contribution is -2.29. The molecule has 1 aliphatic carbocycles. The number of hydrogen-bond acceptors (Lipinski definition) is 3. The molecule has 108 valence electrons. The molecule has 0 radical (unpaired) electrons. The number of amides is 1. The topological polar surface area (TPSA) is 67.2 Å². The van der Waals surface area contributed by atoms with E-state index in [1.54, 1.807) is 6.08 Å². The first kappa shape index (κ1) is 14.6. The van der Waals surface area contributed by atoms with Crippen LogP contribution in [0.5, 0.6) is 0 Å². The molecule has 0 saturated heterocycles. The monoisotopic (exact) mass is 273 g/mol. The van der Waals surface area contributed by atoms with Crippen LogP contribution in [0.4, 0.5) is 5.69 Å². The third kappa shape index (κ3) is 3.61. The third-order valence-corrected chi connectivity index (χ3v) is 3.87. The first-order chi connectivity index (χ1) is 9.74. The summed E-state index contributed by atoms with van der Waals surface area (Å²) in [5.41, 5.74) is 7.50. The Kier molecular flexibility index (Phi) is 5.18. The molecule has 0 aliphatic heterocycles. The van der Waals surface area contributed by atoms with Crippen molar-refractivity contribution < 1.29 is 4.79 Å². The summed E-state index contributed by atoms with van der Waals surface area (Å²) in [7, 11) is 0. The number of hydrogen-bond donors (Lipinski definition) is 3. The Morgan fingerprint density at radius 3 is 2.75 bits per heavy atom.